The molecular formula is C15H9BrN2O2S2. The SMILES string of the molecule is O=C1/C(=C\c2ccc(Br)cc2)SC(=S)N1/N=C/c1ccco1. The van der Waals surface area contributed by atoms with Gasteiger partial charge in [-0.25, -0.2) is 0 Å². The number of carbonyl (C=O) groups excluding carboxylic acids is 1. The highest BCUT2D eigenvalue weighted by atomic mass is 79.9. The molecule has 0 spiro atoms. The summed E-state index contributed by atoms with van der Waals surface area (Å²) in [6.07, 6.45) is 4.81. The Morgan fingerprint density at radius 1 is 1.27 bits per heavy atom. The van der Waals surface area contributed by atoms with E-state index >= 15 is 0 Å². The molecule has 1 aliphatic rings. The van der Waals surface area contributed by atoms with Crippen molar-refractivity contribution in [1.29, 1.82) is 0 Å². The van der Waals surface area contributed by atoms with Crippen molar-refractivity contribution in [3.05, 3.63) is 63.4 Å². The van der Waals surface area contributed by atoms with Crippen LogP contribution in [0, 0.1) is 0 Å². The molecule has 22 heavy (non-hydrogen) atoms. The predicted octanol–water partition coefficient (Wildman–Crippen LogP) is 4.28. The first kappa shape index (κ1) is 15.2. The van der Waals surface area contributed by atoms with E-state index < -0.39 is 0 Å². The first-order valence-corrected chi connectivity index (χ1v) is 8.26. The van der Waals surface area contributed by atoms with Crippen molar-refractivity contribution >= 4 is 62.4 Å². The third-order valence-electron chi connectivity index (χ3n) is 2.78. The maximum atomic E-state index is 12.3. The van der Waals surface area contributed by atoms with Gasteiger partial charge in [0.1, 0.15) is 5.76 Å². The van der Waals surface area contributed by atoms with E-state index in [0.29, 0.717) is 15.0 Å². The minimum absolute atomic E-state index is 0.235. The lowest BCUT2D eigenvalue weighted by atomic mass is 10.2. The van der Waals surface area contributed by atoms with Crippen LogP contribution in [0.2, 0.25) is 0 Å². The molecule has 7 heteroatoms. The number of carbonyl (C=O) groups is 1. The molecule has 1 aromatic heterocycles. The largest absolute Gasteiger partial charge is 0.463 e. The van der Waals surface area contributed by atoms with Gasteiger partial charge in [0.05, 0.1) is 17.4 Å². The molecule has 2 aromatic rings. The molecule has 0 unspecified atom stereocenters. The lowest BCUT2D eigenvalue weighted by molar-refractivity contribution is -0.122. The smallest absolute Gasteiger partial charge is 0.286 e. The number of rotatable bonds is 3. The van der Waals surface area contributed by atoms with Gasteiger partial charge in [0.25, 0.3) is 5.91 Å². The van der Waals surface area contributed by atoms with Crippen LogP contribution in [0.5, 0.6) is 0 Å². The van der Waals surface area contributed by atoms with Gasteiger partial charge in [0.15, 0.2) is 4.32 Å². The molecule has 1 amide bonds. The van der Waals surface area contributed by atoms with Crippen LogP contribution in [0.3, 0.4) is 0 Å². The number of hydrogen-bond donors (Lipinski definition) is 0. The summed E-state index contributed by atoms with van der Waals surface area (Å²) >= 11 is 9.81. The maximum absolute atomic E-state index is 12.3. The second kappa shape index (κ2) is 6.60. The van der Waals surface area contributed by atoms with Gasteiger partial charge in [-0.3, -0.25) is 4.79 Å². The van der Waals surface area contributed by atoms with E-state index in [-0.39, 0.29) is 5.91 Å². The number of hydrogen-bond acceptors (Lipinski definition) is 5. The standard InChI is InChI=1S/C15H9BrN2O2S2/c16-11-5-3-10(4-6-11)8-13-14(19)18(15(21)22-13)17-9-12-2-1-7-20-12/h1-9H/b13-8+,17-9+. The van der Waals surface area contributed by atoms with E-state index in [0.717, 1.165) is 10.0 Å². The van der Waals surface area contributed by atoms with Crippen molar-refractivity contribution < 1.29 is 9.21 Å². The summed E-state index contributed by atoms with van der Waals surface area (Å²) in [4.78, 5) is 12.9. The van der Waals surface area contributed by atoms with Crippen LogP contribution in [-0.2, 0) is 4.79 Å². The maximum Gasteiger partial charge on any atom is 0.286 e. The van der Waals surface area contributed by atoms with Gasteiger partial charge in [-0.1, -0.05) is 39.8 Å². The van der Waals surface area contributed by atoms with Crippen molar-refractivity contribution in [3.8, 4) is 0 Å². The summed E-state index contributed by atoms with van der Waals surface area (Å²) in [6.45, 7) is 0. The summed E-state index contributed by atoms with van der Waals surface area (Å²) in [5.74, 6) is 0.326. The molecule has 1 fully saturated rings. The molecule has 3 rings (SSSR count). The van der Waals surface area contributed by atoms with Crippen molar-refractivity contribution in [3.63, 3.8) is 0 Å². The number of thiocarbonyl (C=S) groups is 1. The van der Waals surface area contributed by atoms with E-state index in [1.165, 1.54) is 23.0 Å². The first-order chi connectivity index (χ1) is 10.6. The first-order valence-electron chi connectivity index (χ1n) is 6.24. The van der Waals surface area contributed by atoms with E-state index in [1.54, 1.807) is 24.5 Å². The monoisotopic (exact) mass is 392 g/mol. The van der Waals surface area contributed by atoms with Crippen LogP contribution in [0.1, 0.15) is 11.3 Å². The molecule has 1 saturated heterocycles. The molecule has 0 radical (unpaired) electrons. The second-order valence-corrected chi connectivity index (χ2v) is 6.90. The Morgan fingerprint density at radius 3 is 2.73 bits per heavy atom. The van der Waals surface area contributed by atoms with E-state index in [1.807, 2.05) is 24.3 Å². The normalized spacial score (nSPS) is 17.1. The van der Waals surface area contributed by atoms with Crippen LogP contribution >= 0.6 is 39.9 Å². The van der Waals surface area contributed by atoms with Crippen molar-refractivity contribution in [2.45, 2.75) is 0 Å². The summed E-state index contributed by atoms with van der Waals surface area (Å²) in [5.41, 5.74) is 0.929. The number of furan rings is 1. The quantitative estimate of drug-likeness (QED) is 0.444. The average Bonchev–Trinajstić information content (AvgIpc) is 3.10. The van der Waals surface area contributed by atoms with Gasteiger partial charge in [0.2, 0.25) is 0 Å². The minimum atomic E-state index is -0.235. The molecule has 0 saturated carbocycles. The lowest BCUT2D eigenvalue weighted by Crippen LogP contribution is -2.22. The fourth-order valence-corrected chi connectivity index (χ4v) is 3.19. The Kier molecular flexibility index (Phi) is 4.56. The van der Waals surface area contributed by atoms with Crippen LogP contribution in [0.15, 0.2) is 61.6 Å². The summed E-state index contributed by atoms with van der Waals surface area (Å²) in [5, 5.41) is 5.29. The van der Waals surface area contributed by atoms with Crippen molar-refractivity contribution in [1.82, 2.24) is 5.01 Å². The molecule has 0 bridgehead atoms. The van der Waals surface area contributed by atoms with Gasteiger partial charge >= 0.3 is 0 Å². The minimum Gasteiger partial charge on any atom is -0.463 e. The predicted molar refractivity (Wildman–Crippen MR) is 95.5 cm³/mol. The van der Waals surface area contributed by atoms with Crippen LogP contribution in [0.25, 0.3) is 6.08 Å². The summed E-state index contributed by atoms with van der Waals surface area (Å²) < 4.78 is 6.53. The van der Waals surface area contributed by atoms with Gasteiger partial charge in [-0.2, -0.15) is 10.1 Å². The Hall–Kier alpha value is -1.70. The van der Waals surface area contributed by atoms with Crippen LogP contribution in [-0.4, -0.2) is 21.5 Å². The highest BCUT2D eigenvalue weighted by molar-refractivity contribution is 9.10. The molecule has 0 aliphatic carbocycles. The Labute approximate surface area is 145 Å². The van der Waals surface area contributed by atoms with Crippen LogP contribution < -0.4 is 0 Å². The number of nitrogens with zero attached hydrogens (tertiary/aromatic N) is 2. The van der Waals surface area contributed by atoms with Crippen LogP contribution in [0.4, 0.5) is 0 Å². The topological polar surface area (TPSA) is 45.8 Å². The molecule has 110 valence electrons. The van der Waals surface area contributed by atoms with E-state index in [2.05, 4.69) is 21.0 Å². The average molecular weight is 393 g/mol. The fraction of sp³-hybridized carbons (Fsp3) is 0. The molecule has 0 atom stereocenters. The van der Waals surface area contributed by atoms with Crippen molar-refractivity contribution in [2.75, 3.05) is 0 Å². The molecule has 1 aromatic carbocycles. The fourth-order valence-electron chi connectivity index (χ4n) is 1.75. The molecule has 0 N–H and O–H groups in total. The van der Waals surface area contributed by atoms with E-state index in [4.69, 9.17) is 16.6 Å². The zero-order valence-corrected chi connectivity index (χ0v) is 14.3. The van der Waals surface area contributed by atoms with Crippen molar-refractivity contribution in [2.24, 2.45) is 5.10 Å². The summed E-state index contributed by atoms with van der Waals surface area (Å²) in [7, 11) is 0. The second-order valence-electron chi connectivity index (χ2n) is 4.31. The third-order valence-corrected chi connectivity index (χ3v) is 4.60. The molecular weight excluding hydrogens is 384 g/mol. The van der Waals surface area contributed by atoms with Gasteiger partial charge < -0.3 is 4.42 Å². The number of amides is 1. The van der Waals surface area contributed by atoms with Gasteiger partial charge in [0, 0.05) is 4.47 Å². The Bertz CT molecular complexity index is 767. The number of thioether (sulfide) groups is 1. The highest BCUT2D eigenvalue weighted by Gasteiger charge is 2.32. The van der Waals surface area contributed by atoms with E-state index in [9.17, 15) is 4.79 Å². The van der Waals surface area contributed by atoms with Gasteiger partial charge in [-0.15, -0.1) is 0 Å². The number of hydrazone groups is 1. The Balaban J connectivity index is 1.80. The Morgan fingerprint density at radius 2 is 2.05 bits per heavy atom. The molecule has 1 aliphatic heterocycles. The third kappa shape index (κ3) is 3.37. The molecule has 2 heterocycles. The zero-order chi connectivity index (χ0) is 15.5. The number of halogens is 1. The molecule has 4 nitrogen and oxygen atoms in total. The lowest BCUT2D eigenvalue weighted by Gasteiger charge is -2.05. The number of benzene rings is 1. The summed E-state index contributed by atoms with van der Waals surface area (Å²) in [6, 6.07) is 11.2. The van der Waals surface area contributed by atoms with Gasteiger partial charge in [-0.05, 0) is 48.1 Å². The highest BCUT2D eigenvalue weighted by Crippen LogP contribution is 2.32. The zero-order valence-electron chi connectivity index (χ0n) is 11.1.